The summed E-state index contributed by atoms with van der Waals surface area (Å²) in [5.41, 5.74) is 10.7. The van der Waals surface area contributed by atoms with Crippen molar-refractivity contribution >= 4 is 28.6 Å². The molecule has 0 saturated carbocycles. The van der Waals surface area contributed by atoms with Crippen LogP contribution in [0.5, 0.6) is 0 Å². The first-order chi connectivity index (χ1) is 14.1. The molecule has 1 aromatic carbocycles. The molecule has 0 aliphatic carbocycles. The standard InChI is InChI=1S/C22H21ClN6/c1-28-12-10-15(13-28)14-4-6-16(7-5-14)29-21(17-3-2-11-25-20(17)24)26-18-8-9-19(23)27-22(18)29/h2-9,11,15H,10,12-13H2,1H3,(H2,24,25). The van der Waals surface area contributed by atoms with Gasteiger partial charge in [0.15, 0.2) is 11.5 Å². The summed E-state index contributed by atoms with van der Waals surface area (Å²) in [5.74, 6) is 1.71. The van der Waals surface area contributed by atoms with Gasteiger partial charge in [-0.25, -0.2) is 15.0 Å². The van der Waals surface area contributed by atoms with Crippen molar-refractivity contribution in [3.8, 4) is 17.1 Å². The van der Waals surface area contributed by atoms with Crippen molar-refractivity contribution in [2.24, 2.45) is 0 Å². The van der Waals surface area contributed by atoms with Crippen LogP contribution in [-0.4, -0.2) is 44.6 Å². The molecule has 1 atom stereocenters. The first-order valence-electron chi connectivity index (χ1n) is 9.65. The zero-order valence-corrected chi connectivity index (χ0v) is 16.8. The number of aromatic nitrogens is 4. The smallest absolute Gasteiger partial charge is 0.166 e. The van der Waals surface area contributed by atoms with Crippen molar-refractivity contribution in [1.82, 2.24) is 24.4 Å². The summed E-state index contributed by atoms with van der Waals surface area (Å²) in [6.45, 7) is 2.24. The van der Waals surface area contributed by atoms with Crippen molar-refractivity contribution in [3.63, 3.8) is 0 Å². The van der Waals surface area contributed by atoms with Crippen molar-refractivity contribution in [2.75, 3.05) is 25.9 Å². The molecule has 1 unspecified atom stereocenters. The molecule has 1 fully saturated rings. The molecule has 0 amide bonds. The van der Waals surface area contributed by atoms with E-state index in [2.05, 4.69) is 46.2 Å². The van der Waals surface area contributed by atoms with Gasteiger partial charge < -0.3 is 10.6 Å². The maximum atomic E-state index is 6.20. The van der Waals surface area contributed by atoms with Gasteiger partial charge in [-0.05, 0) is 67.9 Å². The van der Waals surface area contributed by atoms with E-state index in [9.17, 15) is 0 Å². The van der Waals surface area contributed by atoms with E-state index < -0.39 is 0 Å². The number of nitrogens with zero attached hydrogens (tertiary/aromatic N) is 5. The maximum absolute atomic E-state index is 6.20. The van der Waals surface area contributed by atoms with E-state index in [0.29, 0.717) is 28.4 Å². The molecule has 1 saturated heterocycles. The quantitative estimate of drug-likeness (QED) is 0.519. The number of benzene rings is 1. The molecular weight excluding hydrogens is 384 g/mol. The molecule has 6 nitrogen and oxygen atoms in total. The summed E-state index contributed by atoms with van der Waals surface area (Å²) in [6, 6.07) is 16.0. The minimum absolute atomic E-state index is 0.426. The largest absolute Gasteiger partial charge is 0.383 e. The van der Waals surface area contributed by atoms with Gasteiger partial charge >= 0.3 is 0 Å². The van der Waals surface area contributed by atoms with Crippen LogP contribution in [0.1, 0.15) is 17.9 Å². The van der Waals surface area contributed by atoms with Gasteiger partial charge in [0.2, 0.25) is 0 Å². The maximum Gasteiger partial charge on any atom is 0.166 e. The fraction of sp³-hybridized carbons (Fsp3) is 0.227. The number of nitrogen functional groups attached to an aromatic ring is 1. The van der Waals surface area contributed by atoms with Crippen LogP contribution in [0.4, 0.5) is 5.82 Å². The Bertz CT molecular complexity index is 1180. The minimum Gasteiger partial charge on any atom is -0.383 e. The van der Waals surface area contributed by atoms with Gasteiger partial charge in [0.1, 0.15) is 16.5 Å². The van der Waals surface area contributed by atoms with Gasteiger partial charge in [0.25, 0.3) is 0 Å². The Hall–Kier alpha value is -2.96. The zero-order chi connectivity index (χ0) is 20.0. The first-order valence-corrected chi connectivity index (χ1v) is 10.0. The molecular formula is C22H21ClN6. The van der Waals surface area contributed by atoms with Crippen molar-refractivity contribution in [1.29, 1.82) is 0 Å². The molecule has 1 aliphatic heterocycles. The molecule has 146 valence electrons. The molecule has 4 aromatic rings. The summed E-state index contributed by atoms with van der Waals surface area (Å²) in [4.78, 5) is 15.9. The SMILES string of the molecule is CN1CCC(c2ccc(-n3c(-c4cccnc4N)nc4ccc(Cl)nc43)cc2)C1. The van der Waals surface area contributed by atoms with Crippen LogP contribution in [0.3, 0.4) is 0 Å². The summed E-state index contributed by atoms with van der Waals surface area (Å²) in [7, 11) is 2.17. The van der Waals surface area contributed by atoms with E-state index in [4.69, 9.17) is 22.3 Å². The predicted molar refractivity (Wildman–Crippen MR) is 116 cm³/mol. The Morgan fingerprint density at radius 2 is 1.90 bits per heavy atom. The lowest BCUT2D eigenvalue weighted by molar-refractivity contribution is 0.411. The third-order valence-corrected chi connectivity index (χ3v) is 5.77. The third kappa shape index (κ3) is 3.24. The van der Waals surface area contributed by atoms with Crippen molar-refractivity contribution < 1.29 is 0 Å². The Kier molecular flexibility index (Phi) is 4.45. The van der Waals surface area contributed by atoms with Gasteiger partial charge in [0.05, 0.1) is 5.56 Å². The highest BCUT2D eigenvalue weighted by molar-refractivity contribution is 6.29. The van der Waals surface area contributed by atoms with Gasteiger partial charge in [0, 0.05) is 18.4 Å². The monoisotopic (exact) mass is 404 g/mol. The molecule has 0 radical (unpaired) electrons. The number of pyridine rings is 2. The molecule has 0 bridgehead atoms. The van der Waals surface area contributed by atoms with Gasteiger partial charge in [-0.3, -0.25) is 4.57 Å². The molecule has 2 N–H and O–H groups in total. The van der Waals surface area contributed by atoms with Crippen LogP contribution < -0.4 is 5.73 Å². The summed E-state index contributed by atoms with van der Waals surface area (Å²) >= 11 is 6.20. The predicted octanol–water partition coefficient (Wildman–Crippen LogP) is 4.14. The third-order valence-electron chi connectivity index (χ3n) is 5.56. The number of halogens is 1. The number of fused-ring (bicyclic) bond motifs is 1. The molecule has 1 aliphatic rings. The fourth-order valence-electron chi connectivity index (χ4n) is 4.07. The number of hydrogen-bond acceptors (Lipinski definition) is 5. The molecule has 0 spiro atoms. The Balaban J connectivity index is 1.66. The average molecular weight is 405 g/mol. The second-order valence-electron chi connectivity index (χ2n) is 7.52. The lowest BCUT2D eigenvalue weighted by Crippen LogP contribution is -2.13. The van der Waals surface area contributed by atoms with E-state index >= 15 is 0 Å². The van der Waals surface area contributed by atoms with Crippen LogP contribution in [0.25, 0.3) is 28.2 Å². The van der Waals surface area contributed by atoms with Gasteiger partial charge in [-0.2, -0.15) is 0 Å². The number of likely N-dealkylation sites (N-methyl/N-ethyl adjacent to an activating group) is 1. The Labute approximate surface area is 174 Å². The van der Waals surface area contributed by atoms with E-state index in [1.54, 1.807) is 12.3 Å². The molecule has 3 aromatic heterocycles. The second kappa shape index (κ2) is 7.13. The molecule has 5 rings (SSSR count). The van der Waals surface area contributed by atoms with Gasteiger partial charge in [-0.1, -0.05) is 23.7 Å². The number of nitrogens with two attached hydrogens (primary N) is 1. The lowest BCUT2D eigenvalue weighted by Gasteiger charge is -2.14. The van der Waals surface area contributed by atoms with Crippen molar-refractivity contribution in [2.45, 2.75) is 12.3 Å². The van der Waals surface area contributed by atoms with E-state index in [-0.39, 0.29) is 0 Å². The molecule has 7 heteroatoms. The average Bonchev–Trinajstić information content (AvgIpc) is 3.32. The zero-order valence-electron chi connectivity index (χ0n) is 16.1. The first kappa shape index (κ1) is 18.1. The van der Waals surface area contributed by atoms with Gasteiger partial charge in [-0.15, -0.1) is 0 Å². The topological polar surface area (TPSA) is 72.9 Å². The summed E-state index contributed by atoms with van der Waals surface area (Å²) < 4.78 is 2.00. The second-order valence-corrected chi connectivity index (χ2v) is 7.91. The highest BCUT2D eigenvalue weighted by Crippen LogP contribution is 2.32. The van der Waals surface area contributed by atoms with Crippen LogP contribution in [0.2, 0.25) is 5.15 Å². The number of imidazole rings is 1. The fourth-order valence-corrected chi connectivity index (χ4v) is 4.21. The van der Waals surface area contributed by atoms with E-state index in [1.807, 2.05) is 22.8 Å². The van der Waals surface area contributed by atoms with Crippen molar-refractivity contribution in [3.05, 3.63) is 65.4 Å². The summed E-state index contributed by atoms with van der Waals surface area (Å²) in [5, 5.41) is 0.426. The van der Waals surface area contributed by atoms with E-state index in [0.717, 1.165) is 29.9 Å². The summed E-state index contributed by atoms with van der Waals surface area (Å²) in [6.07, 6.45) is 2.87. The minimum atomic E-state index is 0.426. The number of hydrogen-bond donors (Lipinski definition) is 1. The number of rotatable bonds is 3. The molecule has 29 heavy (non-hydrogen) atoms. The normalized spacial score (nSPS) is 17.2. The van der Waals surface area contributed by atoms with Crippen LogP contribution in [0.15, 0.2) is 54.7 Å². The van der Waals surface area contributed by atoms with Crippen LogP contribution >= 0.6 is 11.6 Å². The highest BCUT2D eigenvalue weighted by Gasteiger charge is 2.22. The molecule has 4 heterocycles. The van der Waals surface area contributed by atoms with Crippen LogP contribution in [-0.2, 0) is 0 Å². The number of likely N-dealkylation sites (tertiary alicyclic amines) is 1. The Morgan fingerprint density at radius 1 is 1.07 bits per heavy atom. The van der Waals surface area contributed by atoms with E-state index in [1.165, 1.54) is 12.0 Å². The highest BCUT2D eigenvalue weighted by atomic mass is 35.5. The van der Waals surface area contributed by atoms with Crippen LogP contribution in [0, 0.1) is 0 Å². The number of anilines is 1. The Morgan fingerprint density at radius 3 is 2.62 bits per heavy atom. The lowest BCUT2D eigenvalue weighted by atomic mass is 9.98.